The first-order valence-electron chi connectivity index (χ1n) is 18.0. The molecule has 58 heavy (non-hydrogen) atoms. The number of rotatable bonds is 8. The number of carbonyl (C=O) groups excluding carboxylic acids is 4. The van der Waals surface area contributed by atoms with Gasteiger partial charge in [-0.3, -0.25) is 34.7 Å². The number of nitro groups is 1. The summed E-state index contributed by atoms with van der Waals surface area (Å²) in [6.07, 6.45) is -2.74. The molecule has 2 aliphatic carbocycles. The van der Waals surface area contributed by atoms with E-state index in [2.05, 4.69) is 10.4 Å². The Hall–Kier alpha value is -6.00. The van der Waals surface area contributed by atoms with Crippen LogP contribution < -0.4 is 15.1 Å². The van der Waals surface area contributed by atoms with E-state index in [0.717, 1.165) is 11.0 Å². The highest BCUT2D eigenvalue weighted by Crippen LogP contribution is 2.65. The van der Waals surface area contributed by atoms with Gasteiger partial charge in [-0.15, -0.1) is 0 Å². The Morgan fingerprint density at radius 3 is 2.40 bits per heavy atom. The normalized spacial score (nSPS) is 25.3. The molecular weight excluding hydrogens is 806 g/mol. The molecule has 1 saturated carbocycles. The number of aromatic hydroxyl groups is 1. The zero-order valence-corrected chi connectivity index (χ0v) is 31.6. The number of pyridine rings is 1. The minimum atomic E-state index is -4.79. The van der Waals surface area contributed by atoms with Crippen molar-refractivity contribution in [2.45, 2.75) is 37.3 Å². The van der Waals surface area contributed by atoms with Crippen molar-refractivity contribution in [1.82, 2.24) is 9.99 Å². The van der Waals surface area contributed by atoms with Crippen molar-refractivity contribution in [3.05, 3.63) is 127 Å². The summed E-state index contributed by atoms with van der Waals surface area (Å²) in [4.78, 5) is 74.6. The fraction of sp³-hybridized carbons (Fsp3) is 0.275. The molecule has 6 unspecified atom stereocenters. The lowest BCUT2D eigenvalue weighted by Crippen LogP contribution is -2.53. The highest BCUT2D eigenvalue weighted by molar-refractivity contribution is 6.33. The van der Waals surface area contributed by atoms with E-state index in [1.54, 1.807) is 37.3 Å². The molecule has 13 nitrogen and oxygen atoms in total. The summed E-state index contributed by atoms with van der Waals surface area (Å²) >= 11 is 12.6. The number of nitrogens with zero attached hydrogens (tertiary/aromatic N) is 4. The molecule has 0 bridgehead atoms. The van der Waals surface area contributed by atoms with E-state index in [4.69, 9.17) is 27.9 Å². The van der Waals surface area contributed by atoms with Crippen LogP contribution in [-0.4, -0.2) is 50.3 Å². The monoisotopic (exact) mass is 835 g/mol. The zero-order valence-electron chi connectivity index (χ0n) is 30.1. The average Bonchev–Trinajstić information content (AvgIpc) is 3.57. The number of phenolic OH excluding ortho intramolecular Hbond substituents is 1. The molecule has 2 aliphatic heterocycles. The van der Waals surface area contributed by atoms with Gasteiger partial charge in [0.2, 0.25) is 11.8 Å². The molecule has 8 rings (SSSR count). The maximum atomic E-state index is 15.4. The number of hydrogen-bond donors (Lipinski definition) is 2. The number of halogens is 5. The molecule has 4 aromatic rings. The molecule has 1 aromatic heterocycles. The number of ether oxygens (including phenoxy) is 1. The third-order valence-electron chi connectivity index (χ3n) is 11.5. The van der Waals surface area contributed by atoms with Crippen molar-refractivity contribution in [2.24, 2.45) is 23.7 Å². The number of hydrazine groups is 1. The maximum Gasteiger partial charge on any atom is 0.417 e. The fourth-order valence-corrected chi connectivity index (χ4v) is 9.51. The van der Waals surface area contributed by atoms with Crippen molar-refractivity contribution in [2.75, 3.05) is 16.9 Å². The summed E-state index contributed by atoms with van der Waals surface area (Å²) in [5, 5.41) is 23.9. The number of carbonyl (C=O) groups is 4. The fourth-order valence-electron chi connectivity index (χ4n) is 9.17. The van der Waals surface area contributed by atoms with Crippen LogP contribution in [0.25, 0.3) is 0 Å². The second kappa shape index (κ2) is 14.1. The summed E-state index contributed by atoms with van der Waals surface area (Å²) in [7, 11) is 0. The van der Waals surface area contributed by atoms with Crippen molar-refractivity contribution >= 4 is 64.0 Å². The molecule has 6 atom stereocenters. The number of phenols is 1. The van der Waals surface area contributed by atoms with Gasteiger partial charge in [-0.1, -0.05) is 65.2 Å². The zero-order chi connectivity index (χ0) is 41.4. The predicted octanol–water partition coefficient (Wildman–Crippen LogP) is 7.61. The summed E-state index contributed by atoms with van der Waals surface area (Å²) in [6.45, 7) is 1.86. The average molecular weight is 837 g/mol. The number of alkyl halides is 3. The van der Waals surface area contributed by atoms with Gasteiger partial charge in [0.05, 0.1) is 51.0 Å². The van der Waals surface area contributed by atoms with Gasteiger partial charge in [-0.2, -0.15) is 18.2 Å². The quantitative estimate of drug-likeness (QED) is 0.0779. The molecule has 3 aromatic carbocycles. The van der Waals surface area contributed by atoms with Crippen LogP contribution in [0, 0.1) is 33.8 Å². The van der Waals surface area contributed by atoms with Crippen LogP contribution in [0.15, 0.2) is 90.6 Å². The van der Waals surface area contributed by atoms with Gasteiger partial charge in [0.15, 0.2) is 17.3 Å². The van der Waals surface area contributed by atoms with E-state index >= 15 is 4.79 Å². The highest BCUT2D eigenvalue weighted by Gasteiger charge is 2.71. The second-order valence-electron chi connectivity index (χ2n) is 14.3. The number of nitrogens with one attached hydrogen (secondary N) is 1. The van der Waals surface area contributed by atoms with Crippen LogP contribution in [0.3, 0.4) is 0 Å². The number of fused-ring (bicyclic) bond motifs is 4. The molecule has 3 fully saturated rings. The third kappa shape index (κ3) is 5.87. The molecule has 298 valence electrons. The lowest BCUT2D eigenvalue weighted by molar-refractivity contribution is -0.384. The van der Waals surface area contributed by atoms with Gasteiger partial charge < -0.3 is 9.84 Å². The summed E-state index contributed by atoms with van der Waals surface area (Å²) < 4.78 is 46.3. The maximum absolute atomic E-state index is 15.4. The van der Waals surface area contributed by atoms with Gasteiger partial charge in [-0.05, 0) is 61.6 Å². The van der Waals surface area contributed by atoms with Crippen LogP contribution in [-0.2, 0) is 30.8 Å². The summed E-state index contributed by atoms with van der Waals surface area (Å²) in [6, 6.07) is 16.5. The number of imide groups is 2. The van der Waals surface area contributed by atoms with Gasteiger partial charge in [0.25, 0.3) is 17.5 Å². The number of hydrogen-bond acceptors (Lipinski definition) is 10. The minimum Gasteiger partial charge on any atom is -0.504 e. The van der Waals surface area contributed by atoms with Crippen LogP contribution in [0.4, 0.5) is 30.4 Å². The van der Waals surface area contributed by atoms with Crippen LogP contribution in [0.5, 0.6) is 11.5 Å². The Balaban J connectivity index is 1.32. The van der Waals surface area contributed by atoms with Crippen molar-refractivity contribution < 1.29 is 47.1 Å². The highest BCUT2D eigenvalue weighted by atomic mass is 35.5. The number of amides is 4. The number of allylic oxidation sites excluding steroid dienone is 2. The summed E-state index contributed by atoms with van der Waals surface area (Å²) in [5.41, 5.74) is 0.0466. The first kappa shape index (κ1) is 38.9. The molecule has 4 amide bonds. The Labute approximate surface area is 337 Å². The van der Waals surface area contributed by atoms with Gasteiger partial charge in [0, 0.05) is 34.8 Å². The largest absolute Gasteiger partial charge is 0.504 e. The van der Waals surface area contributed by atoms with E-state index < -0.39 is 86.1 Å². The minimum absolute atomic E-state index is 0.00542. The van der Waals surface area contributed by atoms with E-state index in [1.807, 2.05) is 0 Å². The smallest absolute Gasteiger partial charge is 0.417 e. The Kier molecular flexibility index (Phi) is 9.46. The Bertz CT molecular complexity index is 2470. The predicted molar refractivity (Wildman–Crippen MR) is 202 cm³/mol. The molecule has 18 heteroatoms. The van der Waals surface area contributed by atoms with E-state index in [-0.39, 0.29) is 53.4 Å². The lowest BCUT2D eigenvalue weighted by Gasteiger charge is -2.50. The van der Waals surface area contributed by atoms with Gasteiger partial charge in [-0.25, -0.2) is 9.88 Å². The molecule has 2 N–H and O–H groups in total. The SMILES string of the molecule is CCOc1cccc(C2C3=CCC4C(=O)N(c5cccc([N+](=O)[O-])c5)C(=O)C4C3CC3C(=O)N(Nc4ncc(C(F)(F)F)cc4Cl)C(=O)C32c2ccc(Cl)cc2)c1O. The lowest BCUT2D eigenvalue weighted by atomic mass is 9.49. The third-order valence-corrected chi connectivity index (χ3v) is 12.0. The molecule has 4 aliphatic rings. The van der Waals surface area contributed by atoms with E-state index in [1.165, 1.54) is 36.4 Å². The van der Waals surface area contributed by atoms with Crippen LogP contribution >= 0.6 is 23.2 Å². The number of benzene rings is 3. The van der Waals surface area contributed by atoms with E-state index in [0.29, 0.717) is 27.9 Å². The molecule has 2 saturated heterocycles. The Morgan fingerprint density at radius 2 is 1.72 bits per heavy atom. The first-order valence-corrected chi connectivity index (χ1v) is 18.8. The number of nitro benzene ring substituents is 1. The number of non-ortho nitro benzene ring substituents is 1. The van der Waals surface area contributed by atoms with Crippen molar-refractivity contribution in [3.63, 3.8) is 0 Å². The topological polar surface area (TPSA) is 172 Å². The standard InChI is InChI=1S/C40H30Cl2F3N5O8/c1-2-58-30-8-4-7-26(33(30)51)32-24-13-14-25-31(37(54)48(35(25)52)22-5-3-6-23(16-22)50(56)57)27(24)17-28-36(53)49(38(55)39(28,32)19-9-11-21(41)12-10-19)47-34-29(42)15-20(18-46-34)40(43,44)45/h3-13,15-16,18,25,27-28,31-32,51H,2,14,17H2,1H3,(H,46,47). The van der Waals surface area contributed by atoms with Crippen molar-refractivity contribution in [1.29, 1.82) is 0 Å². The first-order chi connectivity index (χ1) is 27.6. The van der Waals surface area contributed by atoms with Gasteiger partial charge in [0.1, 0.15) is 0 Å². The summed E-state index contributed by atoms with van der Waals surface area (Å²) in [5.74, 6) is -9.18. The van der Waals surface area contributed by atoms with Crippen LogP contribution in [0.2, 0.25) is 10.0 Å². The van der Waals surface area contributed by atoms with Crippen LogP contribution in [0.1, 0.15) is 42.4 Å². The number of anilines is 2. The molecule has 0 spiro atoms. The van der Waals surface area contributed by atoms with Gasteiger partial charge >= 0.3 is 6.18 Å². The van der Waals surface area contributed by atoms with Crippen molar-refractivity contribution in [3.8, 4) is 11.5 Å². The second-order valence-corrected chi connectivity index (χ2v) is 15.2. The molecular formula is C40H30Cl2F3N5O8. The van der Waals surface area contributed by atoms with E-state index in [9.17, 15) is 42.8 Å². The number of para-hydroxylation sites is 1. The number of aromatic nitrogens is 1. The molecule has 0 radical (unpaired) electrons. The Morgan fingerprint density at radius 1 is 1.00 bits per heavy atom. The molecule has 3 heterocycles.